The number of aromatic hydroxyl groups is 1. The van der Waals surface area contributed by atoms with E-state index in [9.17, 15) is 9.90 Å². The Bertz CT molecular complexity index is 814. The Hall–Kier alpha value is -3.00. The molecule has 0 fully saturated rings. The van der Waals surface area contributed by atoms with E-state index >= 15 is 0 Å². The molecule has 108 valence electrons. The lowest BCUT2D eigenvalue weighted by Crippen LogP contribution is -2.37. The minimum absolute atomic E-state index is 0.0309. The molecule has 2 heterocycles. The fourth-order valence-electron chi connectivity index (χ4n) is 2.95. The smallest absolute Gasteiger partial charge is 0.261 e. The Morgan fingerprint density at radius 1 is 1.45 bits per heavy atom. The van der Waals surface area contributed by atoms with E-state index in [1.807, 2.05) is 6.07 Å². The number of phenols is 1. The van der Waals surface area contributed by atoms with Crippen LogP contribution in [-0.2, 0) is 6.42 Å². The van der Waals surface area contributed by atoms with Gasteiger partial charge in [-0.1, -0.05) is 12.1 Å². The molecule has 2 aliphatic heterocycles. The van der Waals surface area contributed by atoms with Gasteiger partial charge >= 0.3 is 0 Å². The van der Waals surface area contributed by atoms with E-state index in [0.717, 1.165) is 11.3 Å². The van der Waals surface area contributed by atoms with Gasteiger partial charge in [0.1, 0.15) is 0 Å². The molecule has 0 bridgehead atoms. The summed E-state index contributed by atoms with van der Waals surface area (Å²) in [5.41, 5.74) is 2.65. The zero-order valence-electron chi connectivity index (χ0n) is 11.8. The first kappa shape index (κ1) is 12.7. The zero-order chi connectivity index (χ0) is 15.3. The van der Waals surface area contributed by atoms with Crippen molar-refractivity contribution in [1.29, 1.82) is 0 Å². The largest absolute Gasteiger partial charge is 0.504 e. The van der Waals surface area contributed by atoms with Gasteiger partial charge in [-0.3, -0.25) is 14.7 Å². The summed E-state index contributed by atoms with van der Waals surface area (Å²) in [6.07, 6.45) is 2.41. The van der Waals surface area contributed by atoms with Crippen molar-refractivity contribution < 1.29 is 14.6 Å². The number of anilines is 1. The van der Waals surface area contributed by atoms with Crippen molar-refractivity contribution in [2.75, 3.05) is 12.0 Å². The average Bonchev–Trinajstić information content (AvgIpc) is 2.84. The number of nitrogens with zero attached hydrogens (tertiary/aromatic N) is 2. The topological polar surface area (TPSA) is 62.1 Å². The van der Waals surface area contributed by atoms with Gasteiger partial charge in [-0.2, -0.15) is 0 Å². The highest BCUT2D eigenvalue weighted by Gasteiger charge is 2.36. The van der Waals surface area contributed by atoms with Crippen LogP contribution in [0.4, 0.5) is 11.4 Å². The number of fused-ring (bicyclic) bond motifs is 4. The zero-order valence-corrected chi connectivity index (χ0v) is 11.8. The Balaban J connectivity index is 1.88. The first-order chi connectivity index (χ1) is 10.7. The van der Waals surface area contributed by atoms with Crippen LogP contribution in [0, 0.1) is 12.1 Å². The van der Waals surface area contributed by atoms with E-state index in [1.54, 1.807) is 17.2 Å². The molecule has 2 aliphatic rings. The van der Waals surface area contributed by atoms with Crippen molar-refractivity contribution in [2.45, 2.75) is 12.5 Å². The first-order valence-corrected chi connectivity index (χ1v) is 6.89. The van der Waals surface area contributed by atoms with Crippen molar-refractivity contribution in [2.24, 2.45) is 4.99 Å². The Morgan fingerprint density at radius 3 is 3.14 bits per heavy atom. The number of rotatable bonds is 1. The quantitative estimate of drug-likeness (QED) is 0.877. The molecule has 5 nitrogen and oxygen atoms in total. The lowest BCUT2D eigenvalue weighted by molar-refractivity contribution is 0.0987. The SMILES string of the molecule is COc1cc2c(cc1O)N=C[C@@H]1Cc3c#cccc3N1C2=O. The van der Waals surface area contributed by atoms with E-state index in [0.29, 0.717) is 17.7 Å². The van der Waals surface area contributed by atoms with Crippen LogP contribution in [-0.4, -0.2) is 30.4 Å². The van der Waals surface area contributed by atoms with Crippen LogP contribution < -0.4 is 9.64 Å². The van der Waals surface area contributed by atoms with Gasteiger partial charge in [0, 0.05) is 24.3 Å². The minimum atomic E-state index is -0.158. The van der Waals surface area contributed by atoms with Crippen molar-refractivity contribution in [1.82, 2.24) is 0 Å². The predicted molar refractivity (Wildman–Crippen MR) is 81.2 cm³/mol. The number of aliphatic imine (C=N–C) groups is 1. The van der Waals surface area contributed by atoms with E-state index in [4.69, 9.17) is 4.74 Å². The van der Waals surface area contributed by atoms with E-state index < -0.39 is 0 Å². The van der Waals surface area contributed by atoms with E-state index in [1.165, 1.54) is 19.2 Å². The highest BCUT2D eigenvalue weighted by Crippen LogP contribution is 2.39. The molecule has 0 spiro atoms. The molecule has 0 saturated heterocycles. The summed E-state index contributed by atoms with van der Waals surface area (Å²) in [6, 6.07) is 12.4. The number of amides is 1. The van der Waals surface area contributed by atoms with Crippen molar-refractivity contribution >= 4 is 23.5 Å². The number of benzene rings is 1. The summed E-state index contributed by atoms with van der Waals surface area (Å²) in [6.45, 7) is 0. The summed E-state index contributed by atoms with van der Waals surface area (Å²) in [5.74, 6) is 0.0684. The maximum absolute atomic E-state index is 12.9. The fraction of sp³-hybridized carbons (Fsp3) is 0.176. The summed E-state index contributed by atoms with van der Waals surface area (Å²) >= 11 is 0. The summed E-state index contributed by atoms with van der Waals surface area (Å²) in [5, 5.41) is 9.87. The normalized spacial score (nSPS) is 18.1. The fourth-order valence-corrected chi connectivity index (χ4v) is 2.95. The third kappa shape index (κ3) is 1.67. The molecule has 4 rings (SSSR count). The highest BCUT2D eigenvalue weighted by molar-refractivity contribution is 6.14. The van der Waals surface area contributed by atoms with Gasteiger partial charge in [0.15, 0.2) is 11.5 Å². The molecule has 0 aliphatic carbocycles. The van der Waals surface area contributed by atoms with Crippen LogP contribution in [0.3, 0.4) is 0 Å². The second kappa shape index (κ2) is 4.50. The first-order valence-electron chi connectivity index (χ1n) is 6.89. The molecule has 2 aromatic rings. The molecule has 1 atom stereocenters. The van der Waals surface area contributed by atoms with Gasteiger partial charge in [-0.25, -0.2) is 0 Å². The third-order valence-electron chi connectivity index (χ3n) is 3.99. The molecule has 2 aromatic carbocycles. The van der Waals surface area contributed by atoms with Crippen molar-refractivity contribution in [3.8, 4) is 11.5 Å². The minimum Gasteiger partial charge on any atom is -0.504 e. The van der Waals surface area contributed by atoms with E-state index in [-0.39, 0.29) is 23.4 Å². The van der Waals surface area contributed by atoms with Crippen molar-refractivity contribution in [3.05, 3.63) is 47.5 Å². The maximum atomic E-state index is 12.9. The Kier molecular flexibility index (Phi) is 2.60. The monoisotopic (exact) mass is 292 g/mol. The molecule has 0 radical (unpaired) electrons. The standard InChI is InChI=1S/C17H12N2O3/c1-22-16-7-12-13(8-15(16)20)18-9-11-6-10-4-2-3-5-14(10)19(11)17(12)21/h3,5,7-9,11,20H,6H2,1H3/t11-/m0/s1. The second-order valence-corrected chi connectivity index (χ2v) is 5.23. The molecule has 0 unspecified atom stereocenters. The Labute approximate surface area is 127 Å². The second-order valence-electron chi connectivity index (χ2n) is 5.23. The number of methoxy groups -OCH3 is 1. The predicted octanol–water partition coefficient (Wildman–Crippen LogP) is 2.29. The van der Waals surface area contributed by atoms with Crippen LogP contribution in [0.25, 0.3) is 0 Å². The average molecular weight is 292 g/mol. The van der Waals surface area contributed by atoms with Crippen LogP contribution >= 0.6 is 0 Å². The molecule has 22 heavy (non-hydrogen) atoms. The van der Waals surface area contributed by atoms with E-state index in [2.05, 4.69) is 17.1 Å². The van der Waals surface area contributed by atoms with Crippen LogP contribution in [0.1, 0.15) is 15.9 Å². The number of hydrogen-bond acceptors (Lipinski definition) is 4. The highest BCUT2D eigenvalue weighted by atomic mass is 16.5. The molecule has 1 amide bonds. The molecule has 1 N–H and O–H groups in total. The van der Waals surface area contributed by atoms with Crippen LogP contribution in [0.5, 0.6) is 11.5 Å². The van der Waals surface area contributed by atoms with Gasteiger partial charge in [0.2, 0.25) is 0 Å². The molecule has 0 saturated carbocycles. The summed E-state index contributed by atoms with van der Waals surface area (Å²) in [7, 11) is 1.45. The maximum Gasteiger partial charge on any atom is 0.261 e. The number of phenolic OH excluding ortho intramolecular Hbond substituents is 1. The van der Waals surface area contributed by atoms with Crippen LogP contribution in [0.15, 0.2) is 29.3 Å². The molecule has 5 heteroatoms. The van der Waals surface area contributed by atoms with Gasteiger partial charge in [-0.05, 0) is 18.2 Å². The number of hydrogen-bond donors (Lipinski definition) is 1. The summed E-state index contributed by atoms with van der Waals surface area (Å²) in [4.78, 5) is 19.0. The lowest BCUT2D eigenvalue weighted by Gasteiger charge is -2.21. The third-order valence-corrected chi connectivity index (χ3v) is 3.99. The van der Waals surface area contributed by atoms with Gasteiger partial charge in [-0.15, -0.1) is 0 Å². The Morgan fingerprint density at radius 2 is 2.32 bits per heavy atom. The van der Waals surface area contributed by atoms with Crippen LogP contribution in [0.2, 0.25) is 0 Å². The summed E-state index contributed by atoms with van der Waals surface area (Å²) < 4.78 is 5.10. The molecule has 0 aromatic heterocycles. The lowest BCUT2D eigenvalue weighted by atomic mass is 10.1. The number of carbonyl (C=O) groups excluding carboxylic acids is 1. The van der Waals surface area contributed by atoms with Gasteiger partial charge in [0.25, 0.3) is 5.91 Å². The molecular weight excluding hydrogens is 280 g/mol. The molecular formula is C17H12N2O3. The number of carbonyl (C=O) groups is 1. The van der Waals surface area contributed by atoms with Gasteiger partial charge in [0.05, 0.1) is 30.1 Å². The van der Waals surface area contributed by atoms with Crippen molar-refractivity contribution in [3.63, 3.8) is 0 Å². The van der Waals surface area contributed by atoms with Gasteiger partial charge < -0.3 is 9.84 Å². The number of ether oxygens (including phenoxy) is 1.